The van der Waals surface area contributed by atoms with Gasteiger partial charge < -0.3 is 4.98 Å². The molecule has 0 saturated carbocycles. The molecule has 0 fully saturated rings. The van der Waals surface area contributed by atoms with Crippen molar-refractivity contribution in [3.8, 4) is 0 Å². The predicted octanol–water partition coefficient (Wildman–Crippen LogP) is 2.60. The highest BCUT2D eigenvalue weighted by atomic mass is 32.2. The smallest absolute Gasteiger partial charge is 0.256 e. The second kappa shape index (κ2) is 6.37. The normalized spacial score (nSPS) is 14.7. The molecule has 0 radical (unpaired) electrons. The molecule has 6 heteroatoms. The van der Waals surface area contributed by atoms with Crippen LogP contribution in [-0.2, 0) is 19.5 Å². The zero-order valence-corrected chi connectivity index (χ0v) is 14.3. The Morgan fingerprint density at radius 3 is 3.08 bits per heavy atom. The third-order valence-electron chi connectivity index (χ3n) is 4.37. The number of nitrogens with zero attached hydrogens (tertiary/aromatic N) is 3. The lowest BCUT2D eigenvalue weighted by Crippen LogP contribution is -2.35. The lowest BCUT2D eigenvalue weighted by Gasteiger charge is -2.27. The summed E-state index contributed by atoms with van der Waals surface area (Å²) in [6.07, 6.45) is 4.66. The van der Waals surface area contributed by atoms with Crippen molar-refractivity contribution in [1.82, 2.24) is 19.9 Å². The van der Waals surface area contributed by atoms with E-state index in [0.29, 0.717) is 11.7 Å². The van der Waals surface area contributed by atoms with Crippen LogP contribution >= 0.6 is 11.8 Å². The Morgan fingerprint density at radius 2 is 2.21 bits per heavy atom. The summed E-state index contributed by atoms with van der Waals surface area (Å²) in [5.41, 5.74) is 3.91. The Labute approximate surface area is 144 Å². The first kappa shape index (κ1) is 15.4. The predicted molar refractivity (Wildman–Crippen MR) is 96.2 cm³/mol. The van der Waals surface area contributed by atoms with Crippen molar-refractivity contribution in [2.75, 3.05) is 12.8 Å². The van der Waals surface area contributed by atoms with Gasteiger partial charge in [-0.2, -0.15) is 0 Å². The van der Waals surface area contributed by atoms with E-state index in [2.05, 4.69) is 32.0 Å². The molecule has 1 aromatic carbocycles. The number of fused-ring (bicyclic) bond motifs is 2. The first-order valence-corrected chi connectivity index (χ1v) is 9.17. The van der Waals surface area contributed by atoms with Gasteiger partial charge in [0.25, 0.3) is 5.56 Å². The minimum absolute atomic E-state index is 0.00862. The summed E-state index contributed by atoms with van der Waals surface area (Å²) in [7, 11) is 0. The van der Waals surface area contributed by atoms with Gasteiger partial charge >= 0.3 is 0 Å². The molecule has 2 aromatic heterocycles. The molecule has 0 spiro atoms. The van der Waals surface area contributed by atoms with Crippen LogP contribution in [0, 0.1) is 0 Å². The van der Waals surface area contributed by atoms with Crippen LogP contribution in [0.15, 0.2) is 46.5 Å². The molecule has 3 aromatic rings. The number of H-pyrrole nitrogens is 1. The summed E-state index contributed by atoms with van der Waals surface area (Å²) in [5, 5.41) is 1.85. The number of thioether (sulfide) groups is 1. The number of benzene rings is 1. The topological polar surface area (TPSA) is 61.9 Å². The first-order valence-electron chi connectivity index (χ1n) is 7.95. The van der Waals surface area contributed by atoms with Crippen LogP contribution in [0.2, 0.25) is 0 Å². The fraction of sp³-hybridized carbons (Fsp3) is 0.278. The van der Waals surface area contributed by atoms with Gasteiger partial charge in [-0.15, -0.1) is 0 Å². The summed E-state index contributed by atoms with van der Waals surface area (Å²) in [6, 6.07) is 10.3. The van der Waals surface area contributed by atoms with Crippen molar-refractivity contribution in [3.63, 3.8) is 0 Å². The second-order valence-corrected chi connectivity index (χ2v) is 6.79. The van der Waals surface area contributed by atoms with Gasteiger partial charge in [-0.05, 0) is 24.0 Å². The molecule has 0 aliphatic carbocycles. The first-order chi connectivity index (χ1) is 11.7. The molecule has 0 unspecified atom stereocenters. The summed E-state index contributed by atoms with van der Waals surface area (Å²) < 4.78 is 0. The highest BCUT2D eigenvalue weighted by Crippen LogP contribution is 2.19. The van der Waals surface area contributed by atoms with Gasteiger partial charge in [-0.1, -0.05) is 30.0 Å². The highest BCUT2D eigenvalue weighted by molar-refractivity contribution is 7.98. The molecule has 0 atom stereocenters. The number of hydrogen-bond donors (Lipinski definition) is 1. The van der Waals surface area contributed by atoms with Crippen LogP contribution in [0.3, 0.4) is 0 Å². The van der Waals surface area contributed by atoms with Crippen LogP contribution in [0.4, 0.5) is 0 Å². The number of aromatic amines is 1. The van der Waals surface area contributed by atoms with E-state index in [1.54, 1.807) is 0 Å². The molecule has 3 heterocycles. The lowest BCUT2D eigenvalue weighted by atomic mass is 10.1. The number of nitrogens with one attached hydrogen (secondary N) is 1. The van der Waals surface area contributed by atoms with E-state index < -0.39 is 0 Å². The Balaban J connectivity index is 1.57. The van der Waals surface area contributed by atoms with Gasteiger partial charge in [0.05, 0.1) is 16.8 Å². The Kier molecular flexibility index (Phi) is 4.08. The lowest BCUT2D eigenvalue weighted by molar-refractivity contribution is 0.241. The number of aromatic nitrogens is 3. The number of hydrogen-bond acceptors (Lipinski definition) is 5. The molecule has 0 bridgehead atoms. The molecule has 1 N–H and O–H groups in total. The van der Waals surface area contributed by atoms with Gasteiger partial charge in [0.1, 0.15) is 0 Å². The Morgan fingerprint density at radius 1 is 1.33 bits per heavy atom. The van der Waals surface area contributed by atoms with Gasteiger partial charge in [0.2, 0.25) is 0 Å². The maximum Gasteiger partial charge on any atom is 0.256 e. The maximum atomic E-state index is 12.3. The number of para-hydroxylation sites is 1. The third kappa shape index (κ3) is 2.95. The van der Waals surface area contributed by atoms with E-state index in [0.717, 1.165) is 41.7 Å². The van der Waals surface area contributed by atoms with Gasteiger partial charge in [0, 0.05) is 37.6 Å². The van der Waals surface area contributed by atoms with Crippen LogP contribution in [0.1, 0.15) is 16.8 Å². The average molecular weight is 338 g/mol. The quantitative estimate of drug-likeness (QED) is 0.587. The molecule has 0 saturated heterocycles. The minimum Gasteiger partial charge on any atom is -0.301 e. The summed E-state index contributed by atoms with van der Waals surface area (Å²) >= 11 is 1.47. The highest BCUT2D eigenvalue weighted by Gasteiger charge is 2.21. The summed E-state index contributed by atoms with van der Waals surface area (Å²) in [6.45, 7) is 2.34. The van der Waals surface area contributed by atoms with Gasteiger partial charge in [-0.25, -0.2) is 4.98 Å². The monoisotopic (exact) mass is 338 g/mol. The molecule has 1 aliphatic heterocycles. The SMILES string of the molecule is CSc1nc2c(c(=O)[nH]1)CN(Cc1cnc3ccccc3c1)CC2. The molecule has 122 valence electrons. The molecular weight excluding hydrogens is 320 g/mol. The summed E-state index contributed by atoms with van der Waals surface area (Å²) in [5.74, 6) is 0. The van der Waals surface area contributed by atoms with Crippen LogP contribution < -0.4 is 5.56 Å². The molecule has 0 amide bonds. The van der Waals surface area contributed by atoms with Crippen LogP contribution in [0.25, 0.3) is 10.9 Å². The van der Waals surface area contributed by atoms with Crippen molar-refractivity contribution < 1.29 is 0 Å². The van der Waals surface area contributed by atoms with Crippen molar-refractivity contribution in [1.29, 1.82) is 0 Å². The Bertz CT molecular complexity index is 953. The van der Waals surface area contributed by atoms with Crippen LogP contribution in [0.5, 0.6) is 0 Å². The third-order valence-corrected chi connectivity index (χ3v) is 4.95. The van der Waals surface area contributed by atoms with Crippen LogP contribution in [-0.4, -0.2) is 32.7 Å². The second-order valence-electron chi connectivity index (χ2n) is 6.00. The van der Waals surface area contributed by atoms with E-state index in [1.807, 2.05) is 30.7 Å². The van der Waals surface area contributed by atoms with Crippen molar-refractivity contribution >= 4 is 22.7 Å². The molecule has 4 rings (SSSR count). The van der Waals surface area contributed by atoms with E-state index in [-0.39, 0.29) is 5.56 Å². The molecule has 5 nitrogen and oxygen atoms in total. The molecule has 24 heavy (non-hydrogen) atoms. The fourth-order valence-electron chi connectivity index (χ4n) is 3.15. The van der Waals surface area contributed by atoms with E-state index in [9.17, 15) is 4.79 Å². The van der Waals surface area contributed by atoms with E-state index >= 15 is 0 Å². The molecular formula is C18H18N4OS. The van der Waals surface area contributed by atoms with E-state index in [1.165, 1.54) is 17.3 Å². The van der Waals surface area contributed by atoms with Gasteiger partial charge in [0.15, 0.2) is 5.16 Å². The van der Waals surface area contributed by atoms with Crippen molar-refractivity contribution in [2.45, 2.75) is 24.7 Å². The fourth-order valence-corrected chi connectivity index (χ4v) is 3.55. The largest absolute Gasteiger partial charge is 0.301 e. The van der Waals surface area contributed by atoms with E-state index in [4.69, 9.17) is 0 Å². The number of pyridine rings is 1. The summed E-state index contributed by atoms with van der Waals surface area (Å²) in [4.78, 5) is 26.5. The Hall–Kier alpha value is -2.18. The minimum atomic E-state index is -0.00862. The number of rotatable bonds is 3. The molecule has 1 aliphatic rings. The zero-order valence-electron chi connectivity index (χ0n) is 13.5. The average Bonchev–Trinajstić information content (AvgIpc) is 2.62. The van der Waals surface area contributed by atoms with Crippen molar-refractivity contribution in [2.24, 2.45) is 0 Å². The maximum absolute atomic E-state index is 12.3. The van der Waals surface area contributed by atoms with Gasteiger partial charge in [-0.3, -0.25) is 14.7 Å². The zero-order chi connectivity index (χ0) is 16.5. The standard InChI is InChI=1S/C18H18N4OS/c1-24-18-20-16-6-7-22(11-14(16)17(23)21-18)10-12-8-13-4-2-3-5-15(13)19-9-12/h2-5,8-9H,6-7,10-11H2,1H3,(H,20,21,23). The van der Waals surface area contributed by atoms with Crippen molar-refractivity contribution in [3.05, 3.63) is 63.7 Å².